The average molecular weight is 143 g/mol. The molecule has 0 radical (unpaired) electrons. The van der Waals surface area contributed by atoms with E-state index in [2.05, 4.69) is 0 Å². The molecule has 0 fully saturated rings. The number of hydrogen-bond donors (Lipinski definition) is 1. The number of primary amides is 1. The van der Waals surface area contributed by atoms with Crippen LogP contribution in [-0.2, 0) is 9.59 Å². The maximum absolute atomic E-state index is 10.3. The highest BCUT2D eigenvalue weighted by Gasteiger charge is 2.08. The number of carbonyl (C=O) groups is 2. The van der Waals surface area contributed by atoms with Crippen LogP contribution in [0.1, 0.15) is 26.2 Å². The van der Waals surface area contributed by atoms with Crippen LogP contribution in [-0.4, -0.2) is 12.2 Å². The minimum atomic E-state index is -0.398. The van der Waals surface area contributed by atoms with Gasteiger partial charge in [0, 0.05) is 12.3 Å². The first kappa shape index (κ1) is 9.14. The highest BCUT2D eigenvalue weighted by Crippen LogP contribution is 2.06. The summed E-state index contributed by atoms with van der Waals surface area (Å²) in [6.07, 6.45) is 2.66. The van der Waals surface area contributed by atoms with Gasteiger partial charge in [-0.2, -0.15) is 0 Å². The van der Waals surface area contributed by atoms with Crippen LogP contribution in [0.3, 0.4) is 0 Å². The van der Waals surface area contributed by atoms with Gasteiger partial charge in [0.05, 0.1) is 0 Å². The van der Waals surface area contributed by atoms with Gasteiger partial charge in [-0.3, -0.25) is 4.79 Å². The van der Waals surface area contributed by atoms with E-state index >= 15 is 0 Å². The van der Waals surface area contributed by atoms with Crippen LogP contribution >= 0.6 is 0 Å². The third-order valence-corrected chi connectivity index (χ3v) is 1.32. The maximum atomic E-state index is 10.3. The SMILES string of the molecule is CCCC(C=O)CC(N)=O. The van der Waals surface area contributed by atoms with Gasteiger partial charge in [0.2, 0.25) is 5.91 Å². The summed E-state index contributed by atoms with van der Waals surface area (Å²) in [6.45, 7) is 1.97. The van der Waals surface area contributed by atoms with E-state index in [9.17, 15) is 9.59 Å². The molecule has 1 atom stereocenters. The Morgan fingerprint density at radius 2 is 2.30 bits per heavy atom. The molecule has 3 heteroatoms. The predicted octanol–water partition coefficient (Wildman–Crippen LogP) is 0.477. The van der Waals surface area contributed by atoms with Crippen molar-refractivity contribution in [1.82, 2.24) is 0 Å². The van der Waals surface area contributed by atoms with Crippen LogP contribution in [0.25, 0.3) is 0 Å². The molecular weight excluding hydrogens is 130 g/mol. The van der Waals surface area contributed by atoms with Gasteiger partial charge in [-0.1, -0.05) is 13.3 Å². The van der Waals surface area contributed by atoms with Crippen molar-refractivity contribution >= 4 is 12.2 Å². The molecule has 1 unspecified atom stereocenters. The summed E-state index contributed by atoms with van der Waals surface area (Å²) in [7, 11) is 0. The van der Waals surface area contributed by atoms with Crippen LogP contribution in [0.4, 0.5) is 0 Å². The van der Waals surface area contributed by atoms with Crippen LogP contribution < -0.4 is 5.73 Å². The maximum Gasteiger partial charge on any atom is 0.218 e. The molecular formula is C7H13NO2. The second-order valence-electron chi connectivity index (χ2n) is 2.36. The Morgan fingerprint density at radius 3 is 2.60 bits per heavy atom. The highest BCUT2D eigenvalue weighted by molar-refractivity contribution is 5.77. The third kappa shape index (κ3) is 4.06. The zero-order chi connectivity index (χ0) is 7.98. The van der Waals surface area contributed by atoms with Crippen molar-refractivity contribution in [2.75, 3.05) is 0 Å². The summed E-state index contributed by atoms with van der Waals surface area (Å²) < 4.78 is 0. The fourth-order valence-corrected chi connectivity index (χ4v) is 0.847. The van der Waals surface area contributed by atoms with E-state index in [1.54, 1.807) is 0 Å². The molecule has 0 bridgehead atoms. The van der Waals surface area contributed by atoms with Crippen molar-refractivity contribution in [1.29, 1.82) is 0 Å². The second kappa shape index (κ2) is 4.97. The molecule has 0 aromatic heterocycles. The average Bonchev–Trinajstić information content (AvgIpc) is 1.86. The summed E-state index contributed by atoms with van der Waals surface area (Å²) in [6, 6.07) is 0. The van der Waals surface area contributed by atoms with Crippen molar-refractivity contribution < 1.29 is 9.59 Å². The summed E-state index contributed by atoms with van der Waals surface area (Å²) in [5.74, 6) is -0.562. The quantitative estimate of drug-likeness (QED) is 0.569. The molecule has 0 aliphatic heterocycles. The van der Waals surface area contributed by atoms with Crippen molar-refractivity contribution in [2.45, 2.75) is 26.2 Å². The van der Waals surface area contributed by atoms with E-state index in [4.69, 9.17) is 5.73 Å². The van der Waals surface area contributed by atoms with E-state index in [0.29, 0.717) is 0 Å². The Morgan fingerprint density at radius 1 is 1.70 bits per heavy atom. The Kier molecular flexibility index (Phi) is 4.54. The van der Waals surface area contributed by atoms with Gasteiger partial charge in [-0.25, -0.2) is 0 Å². The Labute approximate surface area is 60.6 Å². The normalized spacial score (nSPS) is 12.5. The lowest BCUT2D eigenvalue weighted by atomic mass is 10.0. The van der Waals surface area contributed by atoms with E-state index in [1.165, 1.54) is 0 Å². The first-order valence-corrected chi connectivity index (χ1v) is 3.44. The summed E-state index contributed by atoms with van der Waals surface area (Å²) in [5, 5.41) is 0. The molecule has 0 aliphatic rings. The molecule has 1 amide bonds. The molecule has 2 N–H and O–H groups in total. The van der Waals surface area contributed by atoms with Crippen molar-refractivity contribution in [2.24, 2.45) is 11.7 Å². The van der Waals surface area contributed by atoms with Gasteiger partial charge in [-0.15, -0.1) is 0 Å². The zero-order valence-electron chi connectivity index (χ0n) is 6.17. The first-order valence-electron chi connectivity index (χ1n) is 3.44. The lowest BCUT2D eigenvalue weighted by molar-refractivity contribution is -0.122. The topological polar surface area (TPSA) is 60.2 Å². The van der Waals surface area contributed by atoms with Gasteiger partial charge in [-0.05, 0) is 6.42 Å². The minimum absolute atomic E-state index is 0.164. The van der Waals surface area contributed by atoms with E-state index in [0.717, 1.165) is 19.1 Å². The van der Waals surface area contributed by atoms with Crippen molar-refractivity contribution in [3.05, 3.63) is 0 Å². The van der Waals surface area contributed by atoms with Crippen molar-refractivity contribution in [3.8, 4) is 0 Å². The summed E-state index contributed by atoms with van der Waals surface area (Å²) >= 11 is 0. The molecule has 3 nitrogen and oxygen atoms in total. The Bertz CT molecular complexity index is 123. The van der Waals surface area contributed by atoms with E-state index < -0.39 is 5.91 Å². The molecule has 0 aromatic rings. The van der Waals surface area contributed by atoms with Crippen LogP contribution in [0.15, 0.2) is 0 Å². The zero-order valence-corrected chi connectivity index (χ0v) is 6.17. The number of nitrogens with two attached hydrogens (primary N) is 1. The summed E-state index contributed by atoms with van der Waals surface area (Å²) in [4.78, 5) is 20.5. The van der Waals surface area contributed by atoms with Crippen molar-refractivity contribution in [3.63, 3.8) is 0 Å². The van der Waals surface area contributed by atoms with Crippen LogP contribution in [0.5, 0.6) is 0 Å². The molecule has 0 aliphatic carbocycles. The van der Waals surface area contributed by atoms with Gasteiger partial charge < -0.3 is 10.5 Å². The molecule has 0 saturated heterocycles. The predicted molar refractivity (Wildman–Crippen MR) is 38.3 cm³/mol. The number of aldehydes is 1. The van der Waals surface area contributed by atoms with E-state index in [1.807, 2.05) is 6.92 Å². The molecule has 0 spiro atoms. The number of rotatable bonds is 5. The lowest BCUT2D eigenvalue weighted by Crippen LogP contribution is -2.16. The minimum Gasteiger partial charge on any atom is -0.370 e. The molecule has 0 rings (SSSR count). The fraction of sp³-hybridized carbons (Fsp3) is 0.714. The third-order valence-electron chi connectivity index (χ3n) is 1.32. The first-order chi connectivity index (χ1) is 4.70. The summed E-state index contributed by atoms with van der Waals surface area (Å²) in [5.41, 5.74) is 4.90. The second-order valence-corrected chi connectivity index (χ2v) is 2.36. The van der Waals surface area contributed by atoms with Gasteiger partial charge in [0.1, 0.15) is 6.29 Å². The number of carbonyl (C=O) groups excluding carboxylic acids is 2. The Hall–Kier alpha value is -0.860. The smallest absolute Gasteiger partial charge is 0.218 e. The standard InChI is InChI=1S/C7H13NO2/c1-2-3-6(5-9)4-7(8)10/h5-6H,2-4H2,1H3,(H2,8,10). The number of hydrogen-bond acceptors (Lipinski definition) is 2. The van der Waals surface area contributed by atoms with Gasteiger partial charge >= 0.3 is 0 Å². The molecule has 0 saturated carbocycles. The molecule has 0 aromatic carbocycles. The van der Waals surface area contributed by atoms with Crippen LogP contribution in [0, 0.1) is 5.92 Å². The number of amides is 1. The van der Waals surface area contributed by atoms with Gasteiger partial charge in [0.25, 0.3) is 0 Å². The van der Waals surface area contributed by atoms with Crippen LogP contribution in [0.2, 0.25) is 0 Å². The highest BCUT2D eigenvalue weighted by atomic mass is 16.1. The van der Waals surface area contributed by atoms with E-state index in [-0.39, 0.29) is 12.3 Å². The van der Waals surface area contributed by atoms with Gasteiger partial charge in [0.15, 0.2) is 0 Å². The molecule has 10 heavy (non-hydrogen) atoms. The monoisotopic (exact) mass is 143 g/mol. The lowest BCUT2D eigenvalue weighted by Gasteiger charge is -2.03. The Balaban J connectivity index is 3.59. The molecule has 0 heterocycles. The molecule has 58 valence electrons. The largest absolute Gasteiger partial charge is 0.370 e. The fourth-order valence-electron chi connectivity index (χ4n) is 0.847.